The maximum atomic E-state index is 12.4. The van der Waals surface area contributed by atoms with Crippen LogP contribution >= 0.6 is 0 Å². The van der Waals surface area contributed by atoms with Crippen molar-refractivity contribution in [3.63, 3.8) is 0 Å². The van der Waals surface area contributed by atoms with Crippen LogP contribution in [0.5, 0.6) is 5.75 Å². The van der Waals surface area contributed by atoms with Crippen LogP contribution in [0.4, 0.5) is 0 Å². The quantitative estimate of drug-likeness (QED) is 0.375. The van der Waals surface area contributed by atoms with E-state index in [-0.39, 0.29) is 5.43 Å². The molecule has 0 aliphatic rings. The first-order valence-electron chi connectivity index (χ1n) is 10.6. The topological polar surface area (TPSA) is 101 Å². The summed E-state index contributed by atoms with van der Waals surface area (Å²) in [6, 6.07) is 13.1. The first-order chi connectivity index (χ1) is 16.6. The Hall–Kier alpha value is -4.66. The average molecular weight is 451 g/mol. The molecule has 9 nitrogen and oxygen atoms in total. The molecule has 0 aliphatic carbocycles. The number of benzene rings is 1. The van der Waals surface area contributed by atoms with Gasteiger partial charge in [0.1, 0.15) is 18.0 Å². The van der Waals surface area contributed by atoms with Gasteiger partial charge in [-0.05, 0) is 17.7 Å². The third-order valence-corrected chi connectivity index (χ3v) is 5.15. The number of nitrogens with zero attached hydrogens (tertiary/aromatic N) is 7. The molecule has 34 heavy (non-hydrogen) atoms. The summed E-state index contributed by atoms with van der Waals surface area (Å²) in [6.45, 7) is 0.396. The van der Waals surface area contributed by atoms with E-state index in [1.54, 1.807) is 46.5 Å². The monoisotopic (exact) mass is 451 g/mol. The van der Waals surface area contributed by atoms with Crippen LogP contribution in [-0.4, -0.2) is 34.5 Å². The van der Waals surface area contributed by atoms with Crippen LogP contribution < -0.4 is 10.2 Å². The molecule has 0 bridgehead atoms. The van der Waals surface area contributed by atoms with Crippen molar-refractivity contribution in [1.29, 1.82) is 0 Å². The maximum Gasteiger partial charge on any atom is 0.203 e. The van der Waals surface area contributed by atoms with Crippen LogP contribution in [-0.2, 0) is 20.1 Å². The van der Waals surface area contributed by atoms with Gasteiger partial charge < -0.3 is 4.74 Å². The summed E-state index contributed by atoms with van der Waals surface area (Å²) < 4.78 is 9.07. The lowest BCUT2D eigenvalue weighted by Gasteiger charge is -2.08. The second-order valence-electron chi connectivity index (χ2n) is 7.71. The van der Waals surface area contributed by atoms with E-state index in [2.05, 4.69) is 25.1 Å². The van der Waals surface area contributed by atoms with Crippen molar-refractivity contribution < 1.29 is 4.74 Å². The molecule has 0 atom stereocenters. The predicted octanol–water partition coefficient (Wildman–Crippen LogP) is 2.99. The molecular formula is C25H21N7O2. The summed E-state index contributed by atoms with van der Waals surface area (Å²) >= 11 is 0. The number of rotatable bonds is 7. The SMILES string of the molecule is Cn1cc(-n2ccc(=O)c(Cc3cccc(-c4ncc(OCc5cccnc5)cn4)c3)n2)cn1. The predicted molar refractivity (Wildman–Crippen MR) is 125 cm³/mol. The fraction of sp³-hybridized carbons (Fsp3) is 0.120. The number of hydrogen-bond acceptors (Lipinski definition) is 7. The molecule has 0 saturated carbocycles. The minimum atomic E-state index is -0.114. The highest BCUT2D eigenvalue weighted by atomic mass is 16.5. The van der Waals surface area contributed by atoms with E-state index in [4.69, 9.17) is 4.74 Å². The van der Waals surface area contributed by atoms with Gasteiger partial charge >= 0.3 is 0 Å². The van der Waals surface area contributed by atoms with Gasteiger partial charge in [0, 0.05) is 49.3 Å². The summed E-state index contributed by atoms with van der Waals surface area (Å²) in [7, 11) is 1.83. The zero-order valence-corrected chi connectivity index (χ0v) is 18.4. The van der Waals surface area contributed by atoms with Gasteiger partial charge in [-0.25, -0.2) is 14.6 Å². The number of aryl methyl sites for hydroxylation is 1. The van der Waals surface area contributed by atoms with E-state index in [9.17, 15) is 4.79 Å². The van der Waals surface area contributed by atoms with Crippen molar-refractivity contribution in [2.75, 3.05) is 0 Å². The molecule has 5 aromatic rings. The fourth-order valence-corrected chi connectivity index (χ4v) is 3.44. The molecule has 0 N–H and O–H groups in total. The lowest BCUT2D eigenvalue weighted by Crippen LogP contribution is -2.16. The molecule has 0 radical (unpaired) electrons. The molecule has 1 aromatic carbocycles. The summed E-state index contributed by atoms with van der Waals surface area (Å²) in [5.41, 5.74) is 3.87. The number of ether oxygens (including phenoxy) is 1. The van der Waals surface area contributed by atoms with E-state index < -0.39 is 0 Å². The van der Waals surface area contributed by atoms with Crippen molar-refractivity contribution in [1.82, 2.24) is 34.5 Å². The summed E-state index contributed by atoms with van der Waals surface area (Å²) in [6.07, 6.45) is 12.3. The van der Waals surface area contributed by atoms with Crippen LogP contribution in [0, 0.1) is 0 Å². The van der Waals surface area contributed by atoms with Crippen molar-refractivity contribution in [3.05, 3.63) is 113 Å². The van der Waals surface area contributed by atoms with Gasteiger partial charge in [-0.3, -0.25) is 14.5 Å². The first kappa shape index (κ1) is 21.2. The van der Waals surface area contributed by atoms with E-state index >= 15 is 0 Å². The van der Waals surface area contributed by atoms with Crippen LogP contribution in [0.2, 0.25) is 0 Å². The van der Waals surface area contributed by atoms with Crippen molar-refractivity contribution >= 4 is 0 Å². The first-order valence-corrected chi connectivity index (χ1v) is 10.6. The lowest BCUT2D eigenvalue weighted by atomic mass is 10.1. The zero-order chi connectivity index (χ0) is 23.3. The third kappa shape index (κ3) is 4.88. The number of pyridine rings is 1. The normalized spacial score (nSPS) is 10.9. The number of aromatic nitrogens is 7. The molecule has 0 unspecified atom stereocenters. The van der Waals surface area contributed by atoms with Crippen molar-refractivity contribution in [3.8, 4) is 22.8 Å². The summed E-state index contributed by atoms with van der Waals surface area (Å²) in [5, 5.41) is 8.67. The van der Waals surface area contributed by atoms with Crippen molar-refractivity contribution in [2.45, 2.75) is 13.0 Å². The van der Waals surface area contributed by atoms with E-state index in [1.807, 2.05) is 49.6 Å². The van der Waals surface area contributed by atoms with Gasteiger partial charge in [0.25, 0.3) is 0 Å². The standard InChI is InChI=1S/C25H21N7O2/c1-31-16-21(13-29-31)32-9-7-24(33)23(30-32)11-18-4-2-6-20(10-18)25-27-14-22(15-28-25)34-17-19-5-3-8-26-12-19/h2-10,12-16H,11,17H2,1H3. The zero-order valence-electron chi connectivity index (χ0n) is 18.4. The van der Waals surface area contributed by atoms with Crippen LogP contribution in [0.1, 0.15) is 16.8 Å². The lowest BCUT2D eigenvalue weighted by molar-refractivity contribution is 0.303. The highest BCUT2D eigenvalue weighted by molar-refractivity contribution is 5.56. The minimum absolute atomic E-state index is 0.114. The Balaban J connectivity index is 1.32. The molecule has 4 aromatic heterocycles. The second kappa shape index (κ2) is 9.45. The maximum absolute atomic E-state index is 12.4. The van der Waals surface area contributed by atoms with Gasteiger partial charge in [-0.1, -0.05) is 24.3 Å². The van der Waals surface area contributed by atoms with Gasteiger partial charge in [0.15, 0.2) is 11.6 Å². The Morgan fingerprint density at radius 1 is 0.971 bits per heavy atom. The highest BCUT2D eigenvalue weighted by Gasteiger charge is 2.09. The molecule has 9 heteroatoms. The van der Waals surface area contributed by atoms with E-state index in [1.165, 1.54) is 6.07 Å². The minimum Gasteiger partial charge on any atom is -0.486 e. The Bertz CT molecular complexity index is 1460. The molecule has 0 amide bonds. The molecule has 0 spiro atoms. The van der Waals surface area contributed by atoms with Gasteiger partial charge in [0.05, 0.1) is 24.8 Å². The van der Waals surface area contributed by atoms with Gasteiger partial charge in [-0.2, -0.15) is 10.2 Å². The third-order valence-electron chi connectivity index (χ3n) is 5.15. The fourth-order valence-electron chi connectivity index (χ4n) is 3.44. The smallest absolute Gasteiger partial charge is 0.203 e. The largest absolute Gasteiger partial charge is 0.486 e. The Morgan fingerprint density at radius 3 is 2.59 bits per heavy atom. The molecule has 5 rings (SSSR count). The molecular weight excluding hydrogens is 430 g/mol. The molecule has 0 aliphatic heterocycles. The number of hydrogen-bond donors (Lipinski definition) is 0. The average Bonchev–Trinajstić information content (AvgIpc) is 3.31. The van der Waals surface area contributed by atoms with E-state index in [0.29, 0.717) is 30.3 Å². The molecule has 168 valence electrons. The molecule has 0 fully saturated rings. The van der Waals surface area contributed by atoms with Crippen LogP contribution in [0.25, 0.3) is 17.1 Å². The summed E-state index contributed by atoms with van der Waals surface area (Å²) in [4.78, 5) is 25.4. The van der Waals surface area contributed by atoms with Crippen LogP contribution in [0.3, 0.4) is 0 Å². The van der Waals surface area contributed by atoms with Gasteiger partial charge in [0.2, 0.25) is 5.43 Å². The Labute approximate surface area is 195 Å². The highest BCUT2D eigenvalue weighted by Crippen LogP contribution is 2.19. The summed E-state index contributed by atoms with van der Waals surface area (Å²) in [5.74, 6) is 1.15. The Morgan fingerprint density at radius 2 is 1.82 bits per heavy atom. The van der Waals surface area contributed by atoms with Crippen molar-refractivity contribution in [2.24, 2.45) is 7.05 Å². The van der Waals surface area contributed by atoms with Crippen LogP contribution in [0.15, 0.2) is 90.6 Å². The molecule has 0 saturated heterocycles. The van der Waals surface area contributed by atoms with Gasteiger partial charge in [-0.15, -0.1) is 0 Å². The molecule has 4 heterocycles. The Kier molecular flexibility index (Phi) is 5.89. The van der Waals surface area contributed by atoms with E-state index in [0.717, 1.165) is 22.4 Å². The second-order valence-corrected chi connectivity index (χ2v) is 7.71.